The second kappa shape index (κ2) is 9.92. The summed E-state index contributed by atoms with van der Waals surface area (Å²) in [6.07, 6.45) is 3.70. The van der Waals surface area contributed by atoms with E-state index in [2.05, 4.69) is 5.32 Å². The SMILES string of the molecule is CCCCN(CC)S(=O)(=O)c1ccc(C(=O)Nc2ccccc2SC)cc1. The van der Waals surface area contributed by atoms with Gasteiger partial charge < -0.3 is 5.32 Å². The maximum Gasteiger partial charge on any atom is 0.255 e. The van der Waals surface area contributed by atoms with Gasteiger partial charge in [-0.15, -0.1) is 11.8 Å². The van der Waals surface area contributed by atoms with Gasteiger partial charge in [-0.05, 0) is 49.1 Å². The summed E-state index contributed by atoms with van der Waals surface area (Å²) in [5.74, 6) is -0.265. The van der Waals surface area contributed by atoms with Gasteiger partial charge in [0.25, 0.3) is 5.91 Å². The molecule has 0 bridgehead atoms. The molecule has 2 rings (SSSR count). The van der Waals surface area contributed by atoms with Crippen molar-refractivity contribution >= 4 is 33.4 Å². The minimum Gasteiger partial charge on any atom is -0.321 e. The van der Waals surface area contributed by atoms with Crippen LogP contribution in [0, 0.1) is 0 Å². The molecular formula is C20H26N2O3S2. The largest absolute Gasteiger partial charge is 0.321 e. The van der Waals surface area contributed by atoms with Crippen molar-refractivity contribution in [2.24, 2.45) is 0 Å². The van der Waals surface area contributed by atoms with Gasteiger partial charge in [-0.2, -0.15) is 4.31 Å². The Morgan fingerprint density at radius 1 is 1.07 bits per heavy atom. The van der Waals surface area contributed by atoms with E-state index in [0.29, 0.717) is 18.7 Å². The van der Waals surface area contributed by atoms with Crippen molar-refractivity contribution in [1.82, 2.24) is 4.31 Å². The van der Waals surface area contributed by atoms with Gasteiger partial charge in [-0.3, -0.25) is 4.79 Å². The first-order valence-electron chi connectivity index (χ1n) is 8.98. The van der Waals surface area contributed by atoms with Gasteiger partial charge in [-0.1, -0.05) is 32.4 Å². The van der Waals surface area contributed by atoms with Crippen LogP contribution in [-0.2, 0) is 10.0 Å². The highest BCUT2D eigenvalue weighted by atomic mass is 32.2. The summed E-state index contributed by atoms with van der Waals surface area (Å²) in [6, 6.07) is 13.7. The Bertz CT molecular complexity index is 865. The van der Waals surface area contributed by atoms with Gasteiger partial charge in [0.05, 0.1) is 10.6 Å². The average molecular weight is 407 g/mol. The van der Waals surface area contributed by atoms with E-state index in [1.54, 1.807) is 23.9 Å². The lowest BCUT2D eigenvalue weighted by Gasteiger charge is -2.20. The van der Waals surface area contributed by atoms with Gasteiger partial charge in [0, 0.05) is 23.5 Å². The number of para-hydroxylation sites is 1. The number of carbonyl (C=O) groups excluding carboxylic acids is 1. The minimum atomic E-state index is -3.54. The summed E-state index contributed by atoms with van der Waals surface area (Å²) < 4.78 is 27.0. The van der Waals surface area contributed by atoms with E-state index in [1.807, 2.05) is 44.4 Å². The fraction of sp³-hybridized carbons (Fsp3) is 0.350. The van der Waals surface area contributed by atoms with Gasteiger partial charge in [0.2, 0.25) is 10.0 Å². The Balaban J connectivity index is 2.17. The van der Waals surface area contributed by atoms with Crippen LogP contribution in [0.25, 0.3) is 0 Å². The van der Waals surface area contributed by atoms with Crippen LogP contribution in [-0.4, -0.2) is 38.0 Å². The van der Waals surface area contributed by atoms with Gasteiger partial charge in [0.1, 0.15) is 0 Å². The fourth-order valence-electron chi connectivity index (χ4n) is 2.65. The summed E-state index contributed by atoms with van der Waals surface area (Å²) in [5.41, 5.74) is 1.16. The number of nitrogens with one attached hydrogen (secondary N) is 1. The molecule has 1 N–H and O–H groups in total. The molecule has 0 heterocycles. The van der Waals surface area contributed by atoms with Crippen molar-refractivity contribution in [1.29, 1.82) is 0 Å². The zero-order chi connectivity index (χ0) is 19.9. The molecule has 0 radical (unpaired) electrons. The highest BCUT2D eigenvalue weighted by molar-refractivity contribution is 7.98. The fourth-order valence-corrected chi connectivity index (χ4v) is 4.69. The van der Waals surface area contributed by atoms with Crippen LogP contribution in [0.2, 0.25) is 0 Å². The van der Waals surface area contributed by atoms with Crippen LogP contribution in [0.5, 0.6) is 0 Å². The molecule has 0 unspecified atom stereocenters. The number of benzene rings is 2. The van der Waals surface area contributed by atoms with E-state index in [1.165, 1.54) is 16.4 Å². The zero-order valence-electron chi connectivity index (χ0n) is 15.9. The van der Waals surface area contributed by atoms with Gasteiger partial charge >= 0.3 is 0 Å². The van der Waals surface area contributed by atoms with Crippen molar-refractivity contribution in [2.45, 2.75) is 36.5 Å². The standard InChI is InChI=1S/C20H26N2O3S2/c1-4-6-15-22(5-2)27(24,25)17-13-11-16(12-14-17)20(23)21-18-9-7-8-10-19(18)26-3/h7-14H,4-6,15H2,1-3H3,(H,21,23). The monoisotopic (exact) mass is 406 g/mol. The molecular weight excluding hydrogens is 380 g/mol. The maximum atomic E-state index is 12.7. The number of unbranched alkanes of at least 4 members (excludes halogenated alkanes) is 1. The highest BCUT2D eigenvalue weighted by Gasteiger charge is 2.22. The molecule has 0 fully saturated rings. The highest BCUT2D eigenvalue weighted by Crippen LogP contribution is 2.25. The summed E-state index contributed by atoms with van der Waals surface area (Å²) in [7, 11) is -3.54. The Morgan fingerprint density at radius 2 is 1.74 bits per heavy atom. The van der Waals surface area contributed by atoms with E-state index >= 15 is 0 Å². The number of hydrogen-bond donors (Lipinski definition) is 1. The van der Waals surface area contributed by atoms with Crippen LogP contribution in [0.4, 0.5) is 5.69 Å². The Hall–Kier alpha value is -1.83. The Morgan fingerprint density at radius 3 is 2.33 bits per heavy atom. The third-order valence-electron chi connectivity index (χ3n) is 4.22. The second-order valence-corrected chi connectivity index (χ2v) is 8.82. The van der Waals surface area contributed by atoms with Crippen LogP contribution >= 0.6 is 11.8 Å². The lowest BCUT2D eigenvalue weighted by Crippen LogP contribution is -2.31. The molecule has 0 aromatic heterocycles. The lowest BCUT2D eigenvalue weighted by molar-refractivity contribution is 0.102. The summed E-state index contributed by atoms with van der Waals surface area (Å²) >= 11 is 1.55. The molecule has 0 spiro atoms. The number of sulfonamides is 1. The number of thioether (sulfide) groups is 1. The van der Waals surface area contributed by atoms with Crippen LogP contribution < -0.4 is 5.32 Å². The van der Waals surface area contributed by atoms with Crippen molar-refractivity contribution < 1.29 is 13.2 Å². The first-order valence-corrected chi connectivity index (χ1v) is 11.6. The molecule has 146 valence electrons. The lowest BCUT2D eigenvalue weighted by atomic mass is 10.2. The van der Waals surface area contributed by atoms with Crippen molar-refractivity contribution in [3.05, 3.63) is 54.1 Å². The molecule has 1 amide bonds. The smallest absolute Gasteiger partial charge is 0.255 e. The molecule has 2 aromatic rings. The minimum absolute atomic E-state index is 0.210. The number of carbonyl (C=O) groups is 1. The van der Waals surface area contributed by atoms with Crippen LogP contribution in [0.3, 0.4) is 0 Å². The number of hydrogen-bond acceptors (Lipinski definition) is 4. The molecule has 7 heteroatoms. The molecule has 0 aliphatic rings. The zero-order valence-corrected chi connectivity index (χ0v) is 17.6. The Labute approximate surface area is 166 Å². The molecule has 0 atom stereocenters. The predicted molar refractivity (Wildman–Crippen MR) is 112 cm³/mol. The number of nitrogens with zero attached hydrogens (tertiary/aromatic N) is 1. The molecule has 0 aliphatic carbocycles. The molecule has 0 saturated carbocycles. The number of amides is 1. The van der Waals surface area contributed by atoms with E-state index in [0.717, 1.165) is 23.4 Å². The van der Waals surface area contributed by atoms with E-state index in [4.69, 9.17) is 0 Å². The molecule has 27 heavy (non-hydrogen) atoms. The van der Waals surface area contributed by atoms with E-state index in [9.17, 15) is 13.2 Å². The van der Waals surface area contributed by atoms with E-state index in [-0.39, 0.29) is 10.8 Å². The first kappa shape index (κ1) is 21.5. The predicted octanol–water partition coefficient (Wildman–Crippen LogP) is 4.47. The molecule has 0 saturated heterocycles. The summed E-state index contributed by atoms with van der Waals surface area (Å²) in [4.78, 5) is 13.7. The van der Waals surface area contributed by atoms with Crippen LogP contribution in [0.15, 0.2) is 58.3 Å². The molecule has 2 aromatic carbocycles. The van der Waals surface area contributed by atoms with Crippen LogP contribution in [0.1, 0.15) is 37.0 Å². The van der Waals surface area contributed by atoms with Gasteiger partial charge in [0.15, 0.2) is 0 Å². The van der Waals surface area contributed by atoms with Crippen molar-refractivity contribution in [2.75, 3.05) is 24.7 Å². The van der Waals surface area contributed by atoms with E-state index < -0.39 is 10.0 Å². The number of rotatable bonds is 9. The first-order chi connectivity index (χ1) is 12.9. The quantitative estimate of drug-likeness (QED) is 0.624. The molecule has 0 aliphatic heterocycles. The van der Waals surface area contributed by atoms with Crippen molar-refractivity contribution in [3.63, 3.8) is 0 Å². The maximum absolute atomic E-state index is 12.7. The third kappa shape index (κ3) is 5.34. The normalized spacial score (nSPS) is 11.6. The topological polar surface area (TPSA) is 66.5 Å². The summed E-state index contributed by atoms with van der Waals surface area (Å²) in [6.45, 7) is 4.79. The average Bonchev–Trinajstić information content (AvgIpc) is 2.69. The third-order valence-corrected chi connectivity index (χ3v) is 7.01. The van der Waals surface area contributed by atoms with Gasteiger partial charge in [-0.25, -0.2) is 8.42 Å². The molecule has 5 nitrogen and oxygen atoms in total. The number of anilines is 1. The Kier molecular flexibility index (Phi) is 7.89. The second-order valence-electron chi connectivity index (χ2n) is 6.03. The summed E-state index contributed by atoms with van der Waals surface area (Å²) in [5, 5.41) is 2.88. The van der Waals surface area contributed by atoms with Crippen molar-refractivity contribution in [3.8, 4) is 0 Å².